The summed E-state index contributed by atoms with van der Waals surface area (Å²) < 4.78 is 35.5. The van der Waals surface area contributed by atoms with Crippen molar-refractivity contribution < 1.29 is 27.6 Å². The van der Waals surface area contributed by atoms with Gasteiger partial charge < -0.3 is 5.32 Å². The van der Waals surface area contributed by atoms with Crippen LogP contribution in [0.25, 0.3) is 0 Å². The normalized spacial score (nSPS) is 10.7. The predicted octanol–water partition coefficient (Wildman–Crippen LogP) is 0.793. The van der Waals surface area contributed by atoms with Crippen LogP contribution in [-0.4, -0.2) is 23.9 Å². The summed E-state index contributed by atoms with van der Waals surface area (Å²) in [5.74, 6) is -3.61. The molecule has 0 atom stereocenters. The fourth-order valence-electron chi connectivity index (χ4n) is 1.37. The van der Waals surface area contributed by atoms with Crippen LogP contribution in [0.4, 0.5) is 13.2 Å². The van der Waals surface area contributed by atoms with Crippen LogP contribution in [0.1, 0.15) is 18.4 Å². The highest BCUT2D eigenvalue weighted by Gasteiger charge is 2.38. The number of amides is 3. The highest BCUT2D eigenvalue weighted by molar-refractivity contribution is 5.87. The largest absolute Gasteiger partial charge is 0.472 e. The smallest absolute Gasteiger partial charge is 0.352 e. The van der Waals surface area contributed by atoms with Gasteiger partial charge in [-0.15, -0.1) is 0 Å². The van der Waals surface area contributed by atoms with Crippen molar-refractivity contribution >= 4 is 17.7 Å². The van der Waals surface area contributed by atoms with Crippen molar-refractivity contribution in [3.63, 3.8) is 0 Å². The number of nitrogens with one attached hydrogen (secondary N) is 3. The number of carbonyl (C=O) groups is 3. The lowest BCUT2D eigenvalue weighted by atomic mass is 10.2. The summed E-state index contributed by atoms with van der Waals surface area (Å²) in [4.78, 5) is 33.1. The second kappa shape index (κ2) is 8.01. The van der Waals surface area contributed by atoms with Gasteiger partial charge in [0.05, 0.1) is 0 Å². The third kappa shape index (κ3) is 6.73. The molecule has 1 rings (SSSR count). The molecule has 22 heavy (non-hydrogen) atoms. The molecule has 3 amide bonds. The van der Waals surface area contributed by atoms with Gasteiger partial charge in [0, 0.05) is 19.4 Å². The zero-order valence-corrected chi connectivity index (χ0v) is 11.4. The van der Waals surface area contributed by atoms with Crippen molar-refractivity contribution in [2.75, 3.05) is 0 Å². The summed E-state index contributed by atoms with van der Waals surface area (Å²) in [6, 6.07) is 9.04. The van der Waals surface area contributed by atoms with Crippen molar-refractivity contribution in [1.29, 1.82) is 0 Å². The molecule has 0 bridgehead atoms. The monoisotopic (exact) mass is 317 g/mol. The SMILES string of the molecule is O=C(CCC(=O)NNC(=O)C(F)(F)F)NCc1ccccc1. The highest BCUT2D eigenvalue weighted by atomic mass is 19.4. The zero-order valence-electron chi connectivity index (χ0n) is 11.4. The molecule has 0 aliphatic heterocycles. The van der Waals surface area contributed by atoms with Crippen LogP contribution in [0, 0.1) is 0 Å². The molecule has 120 valence electrons. The fourth-order valence-corrected chi connectivity index (χ4v) is 1.37. The molecular formula is C13H14F3N3O3. The second-order valence-electron chi connectivity index (χ2n) is 4.26. The second-order valence-corrected chi connectivity index (χ2v) is 4.26. The van der Waals surface area contributed by atoms with Crippen LogP contribution in [0.3, 0.4) is 0 Å². The number of hydrogen-bond acceptors (Lipinski definition) is 3. The summed E-state index contributed by atoms with van der Waals surface area (Å²) in [5, 5.41) is 2.56. The first-order valence-electron chi connectivity index (χ1n) is 6.25. The van der Waals surface area contributed by atoms with E-state index in [2.05, 4.69) is 5.32 Å². The van der Waals surface area contributed by atoms with Crippen molar-refractivity contribution in [3.05, 3.63) is 35.9 Å². The molecule has 0 aliphatic rings. The molecular weight excluding hydrogens is 303 g/mol. The number of halogens is 3. The number of carbonyl (C=O) groups excluding carboxylic acids is 3. The van der Waals surface area contributed by atoms with Crippen LogP contribution >= 0.6 is 0 Å². The van der Waals surface area contributed by atoms with Gasteiger partial charge in [0.25, 0.3) is 0 Å². The quantitative estimate of drug-likeness (QED) is 0.702. The lowest BCUT2D eigenvalue weighted by molar-refractivity contribution is -0.175. The van der Waals surface area contributed by atoms with Crippen LogP contribution in [-0.2, 0) is 20.9 Å². The van der Waals surface area contributed by atoms with E-state index < -0.39 is 23.9 Å². The van der Waals surface area contributed by atoms with Gasteiger partial charge in [-0.25, -0.2) is 0 Å². The van der Waals surface area contributed by atoms with Crippen molar-refractivity contribution in [1.82, 2.24) is 16.2 Å². The number of rotatable bonds is 5. The minimum absolute atomic E-state index is 0.208. The maximum Gasteiger partial charge on any atom is 0.472 e. The van der Waals surface area contributed by atoms with Gasteiger partial charge >= 0.3 is 12.1 Å². The van der Waals surface area contributed by atoms with E-state index in [-0.39, 0.29) is 19.4 Å². The molecule has 0 unspecified atom stereocenters. The molecule has 0 heterocycles. The first-order chi connectivity index (χ1) is 10.3. The average Bonchev–Trinajstić information content (AvgIpc) is 2.48. The number of hydrazine groups is 1. The van der Waals surface area contributed by atoms with E-state index in [0.29, 0.717) is 0 Å². The number of alkyl halides is 3. The van der Waals surface area contributed by atoms with E-state index in [9.17, 15) is 27.6 Å². The molecule has 0 aromatic heterocycles. The molecule has 3 N–H and O–H groups in total. The van der Waals surface area contributed by atoms with Crippen LogP contribution in [0.5, 0.6) is 0 Å². The Kier molecular flexibility index (Phi) is 6.36. The van der Waals surface area contributed by atoms with Gasteiger partial charge in [0.2, 0.25) is 11.8 Å². The topological polar surface area (TPSA) is 87.3 Å². The minimum atomic E-state index is -5.08. The third-order valence-corrected chi connectivity index (χ3v) is 2.48. The highest BCUT2D eigenvalue weighted by Crippen LogP contribution is 2.13. The Labute approximate surface area is 124 Å². The first-order valence-corrected chi connectivity index (χ1v) is 6.25. The average molecular weight is 317 g/mol. The van der Waals surface area contributed by atoms with Gasteiger partial charge in [-0.3, -0.25) is 25.2 Å². The zero-order chi connectivity index (χ0) is 16.6. The lowest BCUT2D eigenvalue weighted by Gasteiger charge is -2.09. The maximum atomic E-state index is 11.8. The van der Waals surface area contributed by atoms with Gasteiger partial charge in [0.1, 0.15) is 0 Å². The third-order valence-electron chi connectivity index (χ3n) is 2.48. The standard InChI is InChI=1S/C13H14F3N3O3/c14-13(15,16)12(22)19-18-11(21)7-6-10(20)17-8-9-4-2-1-3-5-9/h1-5H,6-8H2,(H,17,20)(H,18,21)(H,19,22). The van der Waals surface area contributed by atoms with Gasteiger partial charge in [-0.05, 0) is 5.56 Å². The molecule has 0 radical (unpaired) electrons. The Bertz CT molecular complexity index is 532. The maximum absolute atomic E-state index is 11.8. The Hall–Kier alpha value is -2.58. The van der Waals surface area contributed by atoms with E-state index in [1.165, 1.54) is 5.43 Å². The van der Waals surface area contributed by atoms with E-state index in [1.807, 2.05) is 6.07 Å². The summed E-state index contributed by atoms with van der Waals surface area (Å²) in [6.07, 6.45) is -5.64. The minimum Gasteiger partial charge on any atom is -0.352 e. The first kappa shape index (κ1) is 17.5. The number of hydrogen-bond donors (Lipinski definition) is 3. The molecule has 1 aromatic carbocycles. The molecule has 0 aliphatic carbocycles. The van der Waals surface area contributed by atoms with Crippen LogP contribution in [0.2, 0.25) is 0 Å². The van der Waals surface area contributed by atoms with E-state index in [1.54, 1.807) is 29.7 Å². The van der Waals surface area contributed by atoms with E-state index in [4.69, 9.17) is 0 Å². The Morgan fingerprint density at radius 3 is 2.09 bits per heavy atom. The Balaban J connectivity index is 2.21. The summed E-state index contributed by atoms with van der Waals surface area (Å²) >= 11 is 0. The van der Waals surface area contributed by atoms with Gasteiger partial charge in [0.15, 0.2) is 0 Å². The van der Waals surface area contributed by atoms with Crippen LogP contribution < -0.4 is 16.2 Å². The van der Waals surface area contributed by atoms with E-state index in [0.717, 1.165) is 5.56 Å². The Morgan fingerprint density at radius 2 is 1.50 bits per heavy atom. The summed E-state index contributed by atoms with van der Waals surface area (Å²) in [5.41, 5.74) is 3.66. The molecule has 1 aromatic rings. The molecule has 9 heteroatoms. The lowest BCUT2D eigenvalue weighted by Crippen LogP contribution is -2.47. The summed E-state index contributed by atoms with van der Waals surface area (Å²) in [7, 11) is 0. The Morgan fingerprint density at radius 1 is 0.909 bits per heavy atom. The van der Waals surface area contributed by atoms with Crippen molar-refractivity contribution in [2.45, 2.75) is 25.6 Å². The molecule has 0 spiro atoms. The molecule has 0 saturated heterocycles. The molecule has 0 saturated carbocycles. The van der Waals surface area contributed by atoms with Crippen molar-refractivity contribution in [2.24, 2.45) is 0 Å². The fraction of sp³-hybridized carbons (Fsp3) is 0.308. The van der Waals surface area contributed by atoms with Gasteiger partial charge in [-0.1, -0.05) is 30.3 Å². The molecule has 0 fully saturated rings. The number of benzene rings is 1. The summed E-state index contributed by atoms with van der Waals surface area (Å²) in [6.45, 7) is 0.284. The van der Waals surface area contributed by atoms with Gasteiger partial charge in [-0.2, -0.15) is 13.2 Å². The van der Waals surface area contributed by atoms with Crippen molar-refractivity contribution in [3.8, 4) is 0 Å². The predicted molar refractivity (Wildman–Crippen MR) is 69.9 cm³/mol. The van der Waals surface area contributed by atoms with E-state index >= 15 is 0 Å². The van der Waals surface area contributed by atoms with Crippen LogP contribution in [0.15, 0.2) is 30.3 Å². The molecule has 6 nitrogen and oxygen atoms in total.